The van der Waals surface area contributed by atoms with E-state index in [0.29, 0.717) is 17.4 Å². The van der Waals surface area contributed by atoms with Gasteiger partial charge in [-0.25, -0.2) is 0 Å². The van der Waals surface area contributed by atoms with Crippen LogP contribution in [0, 0.1) is 4.91 Å². The fraction of sp³-hybridized carbons (Fsp3) is 0.0909. The zero-order valence-electron chi connectivity index (χ0n) is 8.51. The van der Waals surface area contributed by atoms with Crippen LogP contribution in [-0.4, -0.2) is 16.8 Å². The molecule has 1 aromatic carbocycles. The summed E-state index contributed by atoms with van der Waals surface area (Å²) >= 11 is 0. The monoisotopic (exact) mass is 216 g/mol. The predicted octanol–water partition coefficient (Wildman–Crippen LogP) is 1.90. The SMILES string of the molecule is Cn1c(C(=O)N=O)cc2cccc(C=O)c21. The first-order valence-electron chi connectivity index (χ1n) is 4.60. The summed E-state index contributed by atoms with van der Waals surface area (Å²) in [5, 5.41) is 3.11. The third kappa shape index (κ3) is 1.33. The van der Waals surface area contributed by atoms with Gasteiger partial charge in [0.15, 0.2) is 6.29 Å². The van der Waals surface area contributed by atoms with Crippen molar-refractivity contribution in [2.24, 2.45) is 12.2 Å². The molecular weight excluding hydrogens is 208 g/mol. The molecule has 1 heterocycles. The van der Waals surface area contributed by atoms with Crippen molar-refractivity contribution in [3.63, 3.8) is 0 Å². The second-order valence-corrected chi connectivity index (χ2v) is 3.39. The summed E-state index contributed by atoms with van der Waals surface area (Å²) in [5.74, 6) is -0.837. The second kappa shape index (κ2) is 3.69. The average molecular weight is 216 g/mol. The minimum absolute atomic E-state index is 0.180. The molecular formula is C11H8N2O3. The van der Waals surface area contributed by atoms with E-state index < -0.39 is 5.91 Å². The van der Waals surface area contributed by atoms with Crippen molar-refractivity contribution in [3.05, 3.63) is 40.4 Å². The number of aryl methyl sites for hydroxylation is 1. The molecule has 2 aromatic rings. The maximum Gasteiger partial charge on any atom is 0.333 e. The van der Waals surface area contributed by atoms with Crippen LogP contribution in [0.1, 0.15) is 20.8 Å². The number of fused-ring (bicyclic) bond motifs is 1. The fourth-order valence-electron chi connectivity index (χ4n) is 1.80. The molecule has 0 radical (unpaired) electrons. The van der Waals surface area contributed by atoms with Gasteiger partial charge in [0.05, 0.1) is 5.52 Å². The molecule has 16 heavy (non-hydrogen) atoms. The Morgan fingerprint density at radius 1 is 1.44 bits per heavy atom. The summed E-state index contributed by atoms with van der Waals surface area (Å²) in [6.45, 7) is 0. The quantitative estimate of drug-likeness (QED) is 0.568. The Morgan fingerprint density at radius 2 is 2.19 bits per heavy atom. The summed E-state index contributed by atoms with van der Waals surface area (Å²) in [6, 6.07) is 6.68. The highest BCUT2D eigenvalue weighted by atomic mass is 16.3. The predicted molar refractivity (Wildman–Crippen MR) is 58.4 cm³/mol. The van der Waals surface area contributed by atoms with Crippen molar-refractivity contribution in [2.45, 2.75) is 0 Å². The van der Waals surface area contributed by atoms with Crippen LogP contribution >= 0.6 is 0 Å². The molecule has 0 saturated heterocycles. The summed E-state index contributed by atoms with van der Waals surface area (Å²) in [4.78, 5) is 32.3. The standard InChI is InChI=1S/C11H8N2O3/c1-13-9(11(15)12-16)5-7-3-2-4-8(6-14)10(7)13/h2-6H,1H3. The van der Waals surface area contributed by atoms with Gasteiger partial charge < -0.3 is 4.57 Å². The number of carbonyl (C=O) groups is 2. The van der Waals surface area contributed by atoms with Gasteiger partial charge in [-0.3, -0.25) is 9.59 Å². The highest BCUT2D eigenvalue weighted by molar-refractivity contribution is 6.03. The number of carbonyl (C=O) groups excluding carboxylic acids is 2. The van der Waals surface area contributed by atoms with Gasteiger partial charge in [0, 0.05) is 23.2 Å². The van der Waals surface area contributed by atoms with Gasteiger partial charge in [0.1, 0.15) is 5.69 Å². The first kappa shape index (κ1) is 10.2. The van der Waals surface area contributed by atoms with Crippen molar-refractivity contribution in [2.75, 3.05) is 0 Å². The molecule has 1 amide bonds. The molecule has 0 aliphatic heterocycles. The smallest absolute Gasteiger partial charge is 0.333 e. The Hall–Kier alpha value is -2.30. The molecule has 0 fully saturated rings. The number of hydrogen-bond donors (Lipinski definition) is 0. The van der Waals surface area contributed by atoms with Gasteiger partial charge in [-0.15, -0.1) is 4.91 Å². The molecule has 5 heteroatoms. The number of aldehydes is 1. The van der Waals surface area contributed by atoms with Crippen molar-refractivity contribution in [3.8, 4) is 0 Å². The lowest BCUT2D eigenvalue weighted by Gasteiger charge is -2.00. The lowest BCUT2D eigenvalue weighted by molar-refractivity contribution is 0.0992. The second-order valence-electron chi connectivity index (χ2n) is 3.39. The number of nitrogens with zero attached hydrogens (tertiary/aromatic N) is 2. The summed E-state index contributed by atoms with van der Waals surface area (Å²) in [6.07, 6.45) is 0.713. The number of benzene rings is 1. The van der Waals surface area contributed by atoms with E-state index in [2.05, 4.69) is 5.18 Å². The number of aromatic nitrogens is 1. The maximum absolute atomic E-state index is 11.2. The summed E-state index contributed by atoms with van der Waals surface area (Å²) in [7, 11) is 1.62. The van der Waals surface area contributed by atoms with Crippen LogP contribution in [0.15, 0.2) is 29.4 Å². The lowest BCUT2D eigenvalue weighted by atomic mass is 10.1. The highest BCUT2D eigenvalue weighted by Crippen LogP contribution is 2.22. The Bertz CT molecular complexity index is 599. The first-order valence-corrected chi connectivity index (χ1v) is 4.60. The Labute approximate surface area is 90.6 Å². The molecule has 0 spiro atoms. The van der Waals surface area contributed by atoms with Gasteiger partial charge >= 0.3 is 5.91 Å². The Morgan fingerprint density at radius 3 is 2.81 bits per heavy atom. The van der Waals surface area contributed by atoms with Gasteiger partial charge in [0.2, 0.25) is 0 Å². The normalized spacial score (nSPS) is 10.3. The van der Waals surface area contributed by atoms with E-state index in [0.717, 1.165) is 5.39 Å². The van der Waals surface area contributed by atoms with Crippen LogP contribution in [0.5, 0.6) is 0 Å². The van der Waals surface area contributed by atoms with Crippen LogP contribution in [0.2, 0.25) is 0 Å². The number of amides is 1. The van der Waals surface area contributed by atoms with E-state index in [1.807, 2.05) is 0 Å². The Balaban J connectivity index is 2.83. The van der Waals surface area contributed by atoms with Crippen molar-refractivity contribution < 1.29 is 9.59 Å². The highest BCUT2D eigenvalue weighted by Gasteiger charge is 2.15. The van der Waals surface area contributed by atoms with Crippen LogP contribution in [-0.2, 0) is 7.05 Å². The minimum Gasteiger partial charge on any atom is -0.339 e. The largest absolute Gasteiger partial charge is 0.339 e. The van der Waals surface area contributed by atoms with Crippen molar-refractivity contribution in [1.29, 1.82) is 0 Å². The van der Waals surface area contributed by atoms with Crippen LogP contribution in [0.25, 0.3) is 10.9 Å². The summed E-state index contributed by atoms with van der Waals surface area (Å²) < 4.78 is 1.50. The number of hydrogen-bond acceptors (Lipinski definition) is 3. The topological polar surface area (TPSA) is 68.5 Å². The molecule has 1 aromatic heterocycles. The zero-order chi connectivity index (χ0) is 11.7. The minimum atomic E-state index is -0.837. The third-order valence-corrected chi connectivity index (χ3v) is 2.52. The Kier molecular flexibility index (Phi) is 2.36. The molecule has 0 N–H and O–H groups in total. The zero-order valence-corrected chi connectivity index (χ0v) is 8.51. The molecule has 0 bridgehead atoms. The molecule has 0 unspecified atom stereocenters. The molecule has 0 atom stereocenters. The van der Waals surface area contributed by atoms with Gasteiger partial charge in [0.25, 0.3) is 0 Å². The maximum atomic E-state index is 11.2. The lowest BCUT2D eigenvalue weighted by Crippen LogP contribution is -2.02. The molecule has 0 aliphatic carbocycles. The third-order valence-electron chi connectivity index (χ3n) is 2.52. The number of nitroso groups, excluding NO2 is 1. The van der Waals surface area contributed by atoms with E-state index in [9.17, 15) is 14.5 Å². The average Bonchev–Trinajstić information content (AvgIpc) is 2.66. The van der Waals surface area contributed by atoms with Crippen LogP contribution in [0.4, 0.5) is 0 Å². The number of para-hydroxylation sites is 1. The van der Waals surface area contributed by atoms with Crippen LogP contribution < -0.4 is 0 Å². The molecule has 0 aliphatic rings. The van der Waals surface area contributed by atoms with E-state index in [1.165, 1.54) is 4.57 Å². The van der Waals surface area contributed by atoms with E-state index in [1.54, 1.807) is 31.3 Å². The number of rotatable bonds is 2. The van der Waals surface area contributed by atoms with Gasteiger partial charge in [-0.2, -0.15) is 0 Å². The van der Waals surface area contributed by atoms with Gasteiger partial charge in [-0.05, 0) is 12.1 Å². The van der Waals surface area contributed by atoms with Crippen molar-refractivity contribution >= 4 is 23.1 Å². The first-order chi connectivity index (χ1) is 7.69. The van der Waals surface area contributed by atoms with Crippen LogP contribution in [0.3, 0.4) is 0 Å². The van der Waals surface area contributed by atoms with E-state index in [-0.39, 0.29) is 5.69 Å². The molecule has 5 nitrogen and oxygen atoms in total. The van der Waals surface area contributed by atoms with E-state index >= 15 is 0 Å². The summed E-state index contributed by atoms with van der Waals surface area (Å²) in [5.41, 5.74) is 1.29. The molecule has 80 valence electrons. The molecule has 0 saturated carbocycles. The van der Waals surface area contributed by atoms with Crippen molar-refractivity contribution in [1.82, 2.24) is 4.57 Å². The van der Waals surface area contributed by atoms with E-state index in [4.69, 9.17) is 0 Å². The molecule has 2 rings (SSSR count). The van der Waals surface area contributed by atoms with Gasteiger partial charge in [-0.1, -0.05) is 12.1 Å². The fourth-order valence-corrected chi connectivity index (χ4v) is 1.80.